The van der Waals surface area contributed by atoms with Gasteiger partial charge in [0.25, 0.3) is 0 Å². The zero-order valence-electron chi connectivity index (χ0n) is 11.2. The van der Waals surface area contributed by atoms with E-state index in [0.29, 0.717) is 0 Å². The van der Waals surface area contributed by atoms with Gasteiger partial charge in [-0.2, -0.15) is 0 Å². The summed E-state index contributed by atoms with van der Waals surface area (Å²) in [7, 11) is 0. The zero-order valence-corrected chi connectivity index (χ0v) is 11.2. The maximum Gasteiger partial charge on any atom is 0.0398 e. The third kappa shape index (κ3) is 3.01. The smallest absolute Gasteiger partial charge is 0.0398 e. The summed E-state index contributed by atoms with van der Waals surface area (Å²) in [6.45, 7) is 7.63. The van der Waals surface area contributed by atoms with Gasteiger partial charge in [-0.15, -0.1) is 0 Å². The van der Waals surface area contributed by atoms with Crippen molar-refractivity contribution < 1.29 is 0 Å². The lowest BCUT2D eigenvalue weighted by Crippen LogP contribution is -2.26. The van der Waals surface area contributed by atoms with E-state index in [4.69, 9.17) is 5.73 Å². The highest BCUT2D eigenvalue weighted by Crippen LogP contribution is 2.33. The van der Waals surface area contributed by atoms with E-state index in [0.717, 1.165) is 19.0 Å². The molecule has 1 aliphatic rings. The fourth-order valence-corrected chi connectivity index (χ4v) is 2.55. The topological polar surface area (TPSA) is 29.3 Å². The number of hydrogen-bond acceptors (Lipinski definition) is 2. The highest BCUT2D eigenvalue weighted by molar-refractivity contribution is 5.56. The fraction of sp³-hybridized carbons (Fsp3) is 0.600. The van der Waals surface area contributed by atoms with E-state index in [9.17, 15) is 0 Å². The molecule has 0 radical (unpaired) electrons. The molecule has 0 spiro atoms. The van der Waals surface area contributed by atoms with Crippen molar-refractivity contribution in [3.63, 3.8) is 0 Å². The van der Waals surface area contributed by atoms with Crippen molar-refractivity contribution in [1.29, 1.82) is 0 Å². The van der Waals surface area contributed by atoms with E-state index in [2.05, 4.69) is 43.9 Å². The minimum atomic E-state index is 0.242. The Hall–Kier alpha value is -1.02. The van der Waals surface area contributed by atoms with Crippen LogP contribution in [0, 0.1) is 6.92 Å². The lowest BCUT2D eigenvalue weighted by Gasteiger charge is -2.25. The molecule has 17 heavy (non-hydrogen) atoms. The SMILES string of the molecule is CCN(c1ccc(CC(C)N)cc1C)C1CC1. The molecule has 1 aromatic carbocycles. The van der Waals surface area contributed by atoms with Crippen molar-refractivity contribution in [3.05, 3.63) is 29.3 Å². The van der Waals surface area contributed by atoms with Crippen LogP contribution < -0.4 is 10.6 Å². The second-order valence-electron chi connectivity index (χ2n) is 5.32. The molecule has 2 N–H and O–H groups in total. The second-order valence-corrected chi connectivity index (χ2v) is 5.32. The van der Waals surface area contributed by atoms with Gasteiger partial charge in [-0.05, 0) is 57.2 Å². The molecule has 2 heteroatoms. The predicted molar refractivity (Wildman–Crippen MR) is 74.6 cm³/mol. The first-order valence-corrected chi connectivity index (χ1v) is 6.73. The average molecular weight is 232 g/mol. The number of rotatable bonds is 5. The number of hydrogen-bond donors (Lipinski definition) is 1. The molecule has 1 fully saturated rings. The van der Waals surface area contributed by atoms with Crippen molar-refractivity contribution in [2.24, 2.45) is 5.73 Å². The molecule has 1 saturated carbocycles. The first-order chi connectivity index (χ1) is 8.11. The van der Waals surface area contributed by atoms with E-state index in [1.165, 1.54) is 29.7 Å². The number of anilines is 1. The Morgan fingerprint density at radius 1 is 1.41 bits per heavy atom. The van der Waals surface area contributed by atoms with Gasteiger partial charge in [-0.25, -0.2) is 0 Å². The van der Waals surface area contributed by atoms with E-state index >= 15 is 0 Å². The van der Waals surface area contributed by atoms with Gasteiger partial charge in [-0.3, -0.25) is 0 Å². The molecule has 1 aliphatic carbocycles. The Balaban J connectivity index is 2.18. The van der Waals surface area contributed by atoms with Crippen molar-refractivity contribution in [1.82, 2.24) is 0 Å². The minimum Gasteiger partial charge on any atom is -0.369 e. The van der Waals surface area contributed by atoms with Gasteiger partial charge < -0.3 is 10.6 Å². The van der Waals surface area contributed by atoms with Crippen LogP contribution >= 0.6 is 0 Å². The molecule has 94 valence electrons. The molecule has 1 unspecified atom stereocenters. The fourth-order valence-electron chi connectivity index (χ4n) is 2.55. The third-order valence-corrected chi connectivity index (χ3v) is 3.46. The summed E-state index contributed by atoms with van der Waals surface area (Å²) >= 11 is 0. The molecule has 2 rings (SSSR count). The van der Waals surface area contributed by atoms with Crippen molar-refractivity contribution >= 4 is 5.69 Å². The van der Waals surface area contributed by atoms with Gasteiger partial charge in [0.05, 0.1) is 0 Å². The molecular weight excluding hydrogens is 208 g/mol. The third-order valence-electron chi connectivity index (χ3n) is 3.46. The molecule has 0 bridgehead atoms. The average Bonchev–Trinajstić information content (AvgIpc) is 3.05. The zero-order chi connectivity index (χ0) is 12.4. The van der Waals surface area contributed by atoms with Crippen molar-refractivity contribution in [3.8, 4) is 0 Å². The van der Waals surface area contributed by atoms with Crippen LogP contribution in [0.3, 0.4) is 0 Å². The number of aryl methyl sites for hydroxylation is 1. The summed E-state index contributed by atoms with van der Waals surface area (Å²) in [6.07, 6.45) is 3.68. The molecule has 0 heterocycles. The molecule has 0 amide bonds. The highest BCUT2D eigenvalue weighted by Gasteiger charge is 2.28. The van der Waals surface area contributed by atoms with Gasteiger partial charge in [-0.1, -0.05) is 12.1 Å². The second kappa shape index (κ2) is 5.09. The molecule has 1 aromatic rings. The van der Waals surface area contributed by atoms with Crippen LogP contribution in [-0.2, 0) is 6.42 Å². The highest BCUT2D eigenvalue weighted by atomic mass is 15.2. The molecule has 0 aliphatic heterocycles. The Bertz CT molecular complexity index is 381. The van der Waals surface area contributed by atoms with Crippen LogP contribution in [0.5, 0.6) is 0 Å². The monoisotopic (exact) mass is 232 g/mol. The first-order valence-electron chi connectivity index (χ1n) is 6.73. The van der Waals surface area contributed by atoms with Crippen molar-refractivity contribution in [2.45, 2.75) is 52.1 Å². The van der Waals surface area contributed by atoms with E-state index < -0.39 is 0 Å². The lowest BCUT2D eigenvalue weighted by molar-refractivity contribution is 0.737. The van der Waals surface area contributed by atoms with Crippen LogP contribution in [0.25, 0.3) is 0 Å². The summed E-state index contributed by atoms with van der Waals surface area (Å²) < 4.78 is 0. The van der Waals surface area contributed by atoms with E-state index in [-0.39, 0.29) is 6.04 Å². The Labute approximate surface area is 105 Å². The number of nitrogens with zero attached hydrogens (tertiary/aromatic N) is 1. The lowest BCUT2D eigenvalue weighted by atomic mass is 10.0. The van der Waals surface area contributed by atoms with Crippen LogP contribution in [0.4, 0.5) is 5.69 Å². The van der Waals surface area contributed by atoms with Gasteiger partial charge in [0.2, 0.25) is 0 Å². The first kappa shape index (κ1) is 12.4. The van der Waals surface area contributed by atoms with Gasteiger partial charge in [0, 0.05) is 24.3 Å². The van der Waals surface area contributed by atoms with Gasteiger partial charge in [0.15, 0.2) is 0 Å². The predicted octanol–water partition coefficient (Wildman–Crippen LogP) is 2.87. The molecule has 2 nitrogen and oxygen atoms in total. The van der Waals surface area contributed by atoms with Gasteiger partial charge >= 0.3 is 0 Å². The van der Waals surface area contributed by atoms with Crippen LogP contribution in [0.2, 0.25) is 0 Å². The van der Waals surface area contributed by atoms with Gasteiger partial charge in [0.1, 0.15) is 0 Å². The molecule has 0 saturated heterocycles. The summed E-state index contributed by atoms with van der Waals surface area (Å²) in [5.41, 5.74) is 9.99. The number of benzene rings is 1. The normalized spacial score (nSPS) is 16.9. The van der Waals surface area contributed by atoms with E-state index in [1.807, 2.05) is 0 Å². The summed E-state index contributed by atoms with van der Waals surface area (Å²) in [4.78, 5) is 2.53. The van der Waals surface area contributed by atoms with Crippen LogP contribution in [0.15, 0.2) is 18.2 Å². The standard InChI is InChI=1S/C15H24N2/c1-4-17(14-6-7-14)15-8-5-13(9-11(15)2)10-12(3)16/h5,8-9,12,14H,4,6-7,10,16H2,1-3H3. The number of nitrogens with two attached hydrogens (primary N) is 1. The Kier molecular flexibility index (Phi) is 3.72. The molecule has 0 aromatic heterocycles. The minimum absolute atomic E-state index is 0.242. The maximum absolute atomic E-state index is 5.85. The van der Waals surface area contributed by atoms with E-state index in [1.54, 1.807) is 0 Å². The molecule has 1 atom stereocenters. The maximum atomic E-state index is 5.85. The van der Waals surface area contributed by atoms with Crippen LogP contribution in [0.1, 0.15) is 37.8 Å². The van der Waals surface area contributed by atoms with Crippen LogP contribution in [-0.4, -0.2) is 18.6 Å². The largest absolute Gasteiger partial charge is 0.369 e. The van der Waals surface area contributed by atoms with Crippen molar-refractivity contribution in [2.75, 3.05) is 11.4 Å². The Morgan fingerprint density at radius 3 is 2.59 bits per heavy atom. The molecular formula is C15H24N2. The summed E-state index contributed by atoms with van der Waals surface area (Å²) in [5, 5.41) is 0. The Morgan fingerprint density at radius 2 is 2.12 bits per heavy atom. The summed E-state index contributed by atoms with van der Waals surface area (Å²) in [5.74, 6) is 0. The summed E-state index contributed by atoms with van der Waals surface area (Å²) in [6, 6.07) is 7.83. The quantitative estimate of drug-likeness (QED) is 0.846.